The molecule has 0 N–H and O–H groups in total. The van der Waals surface area contributed by atoms with Crippen LogP contribution in [-0.4, -0.2) is 41.1 Å². The van der Waals surface area contributed by atoms with Gasteiger partial charge in [0.2, 0.25) is 0 Å². The van der Waals surface area contributed by atoms with Gasteiger partial charge in [0.05, 0.1) is 0 Å². The van der Waals surface area contributed by atoms with Gasteiger partial charge in [-0.3, -0.25) is 0 Å². The molecule has 0 unspecified atom stereocenters. The van der Waals surface area contributed by atoms with E-state index in [1.54, 1.807) is 0 Å². The van der Waals surface area contributed by atoms with Gasteiger partial charge in [0.25, 0.3) is 0 Å². The van der Waals surface area contributed by atoms with Crippen LogP contribution < -0.4 is 0 Å². The first-order valence-corrected chi connectivity index (χ1v) is 12.4. The molecule has 0 radical (unpaired) electrons. The van der Waals surface area contributed by atoms with E-state index in [0.717, 1.165) is 16.7 Å². The quantitative estimate of drug-likeness (QED) is 0.401. The van der Waals surface area contributed by atoms with E-state index in [0.29, 0.717) is 10.0 Å². The van der Waals surface area contributed by atoms with Crippen LogP contribution in [0.5, 0.6) is 0 Å². The Labute approximate surface area is 198 Å². The van der Waals surface area contributed by atoms with Crippen LogP contribution in [0.25, 0.3) is 5.57 Å². The Morgan fingerprint density at radius 2 is 1.30 bits per heavy atom. The van der Waals surface area contributed by atoms with Crippen molar-refractivity contribution in [3.8, 4) is 0 Å². The standard InChI is InChI=1S/C28H20O4Se/c1-31-26(29)23-24-21(16-10-4-3-5-11-16)22-17-12-6-8-14-19(17)28(24,33-25(23)27(30)32-2)20-15-9-7-13-18(20)22/h3-15,22H,1-2H3. The van der Waals surface area contributed by atoms with Crippen molar-refractivity contribution in [1.29, 1.82) is 0 Å². The molecule has 0 saturated heterocycles. The predicted octanol–water partition coefficient (Wildman–Crippen LogP) is 4.16. The zero-order chi connectivity index (χ0) is 22.7. The molecule has 2 bridgehead atoms. The Kier molecular flexibility index (Phi) is 4.48. The zero-order valence-corrected chi connectivity index (χ0v) is 19.8. The van der Waals surface area contributed by atoms with E-state index >= 15 is 0 Å². The first-order valence-electron chi connectivity index (χ1n) is 10.7. The number of ether oxygens (including phenoxy) is 2. The van der Waals surface area contributed by atoms with Gasteiger partial charge in [0.1, 0.15) is 0 Å². The molecular formula is C28H20O4Se. The molecule has 4 nitrogen and oxygen atoms in total. The van der Waals surface area contributed by atoms with Crippen molar-refractivity contribution in [3.05, 3.63) is 122 Å². The van der Waals surface area contributed by atoms with Crippen molar-refractivity contribution in [2.45, 2.75) is 10.2 Å². The molecule has 3 aromatic rings. The Bertz CT molecular complexity index is 1350. The molecule has 3 aliphatic carbocycles. The van der Waals surface area contributed by atoms with Gasteiger partial charge in [-0.1, -0.05) is 0 Å². The minimum atomic E-state index is -0.590. The van der Waals surface area contributed by atoms with E-state index in [1.807, 2.05) is 30.3 Å². The molecule has 4 aliphatic rings. The second kappa shape index (κ2) is 7.31. The summed E-state index contributed by atoms with van der Waals surface area (Å²) in [6.07, 6.45) is 0. The Morgan fingerprint density at radius 1 is 0.758 bits per heavy atom. The van der Waals surface area contributed by atoms with Gasteiger partial charge >= 0.3 is 198 Å². The molecule has 7 rings (SSSR count). The molecule has 0 atom stereocenters. The van der Waals surface area contributed by atoms with Crippen LogP contribution in [0.1, 0.15) is 33.7 Å². The Hall–Kier alpha value is -3.40. The normalized spacial score (nSPS) is 21.9. The van der Waals surface area contributed by atoms with Crippen LogP contribution in [0.4, 0.5) is 0 Å². The number of esters is 2. The fourth-order valence-electron chi connectivity index (χ4n) is 5.62. The van der Waals surface area contributed by atoms with Crippen LogP contribution in [-0.2, 0) is 23.4 Å². The average molecular weight is 499 g/mol. The van der Waals surface area contributed by atoms with Gasteiger partial charge < -0.3 is 0 Å². The Morgan fingerprint density at radius 3 is 1.88 bits per heavy atom. The fourth-order valence-corrected chi connectivity index (χ4v) is 9.11. The van der Waals surface area contributed by atoms with Crippen LogP contribution in [0.3, 0.4) is 0 Å². The van der Waals surface area contributed by atoms with Crippen LogP contribution >= 0.6 is 0 Å². The molecular weight excluding hydrogens is 479 g/mol. The summed E-state index contributed by atoms with van der Waals surface area (Å²) >= 11 is -0.420. The number of methoxy groups -OCH3 is 2. The monoisotopic (exact) mass is 500 g/mol. The van der Waals surface area contributed by atoms with E-state index in [4.69, 9.17) is 9.47 Å². The van der Waals surface area contributed by atoms with Crippen LogP contribution in [0.15, 0.2) is 94.5 Å². The summed E-state index contributed by atoms with van der Waals surface area (Å²) in [6, 6.07) is 27.1. The molecule has 3 aromatic carbocycles. The van der Waals surface area contributed by atoms with E-state index in [-0.39, 0.29) is 5.92 Å². The van der Waals surface area contributed by atoms with Crippen molar-refractivity contribution in [3.63, 3.8) is 0 Å². The summed E-state index contributed by atoms with van der Waals surface area (Å²) < 4.78 is 10.3. The van der Waals surface area contributed by atoms with Crippen molar-refractivity contribution in [1.82, 2.24) is 0 Å². The second-order valence-corrected chi connectivity index (χ2v) is 10.8. The van der Waals surface area contributed by atoms with E-state index in [2.05, 4.69) is 48.5 Å². The molecule has 5 heteroatoms. The van der Waals surface area contributed by atoms with Gasteiger partial charge in [-0.05, 0) is 0 Å². The van der Waals surface area contributed by atoms with E-state index in [9.17, 15) is 9.59 Å². The third-order valence-corrected chi connectivity index (χ3v) is 9.99. The predicted molar refractivity (Wildman–Crippen MR) is 126 cm³/mol. The maximum atomic E-state index is 13.3. The summed E-state index contributed by atoms with van der Waals surface area (Å²) in [4.78, 5) is 26.3. The SMILES string of the molecule is COC(=O)C1=C(C(=O)OC)C2=C(c3ccccc3)C3c4ccccc4C2([Se]1)c1ccccc13. The average Bonchev–Trinajstić information content (AvgIpc) is 3.25. The second-order valence-electron chi connectivity index (χ2n) is 8.23. The molecule has 1 spiro atoms. The van der Waals surface area contributed by atoms with Crippen molar-refractivity contribution >= 4 is 32.5 Å². The summed E-state index contributed by atoms with van der Waals surface area (Å²) in [7, 11) is 2.74. The summed E-state index contributed by atoms with van der Waals surface area (Å²) in [5, 5.41) is 0. The number of carbonyl (C=O) groups is 2. The zero-order valence-electron chi connectivity index (χ0n) is 18.1. The van der Waals surface area contributed by atoms with Gasteiger partial charge in [-0.2, -0.15) is 0 Å². The number of hydrogen-bond donors (Lipinski definition) is 0. The van der Waals surface area contributed by atoms with Crippen LogP contribution in [0.2, 0.25) is 0 Å². The van der Waals surface area contributed by atoms with Crippen molar-refractivity contribution < 1.29 is 19.1 Å². The molecule has 1 aliphatic heterocycles. The van der Waals surface area contributed by atoms with Gasteiger partial charge in [-0.15, -0.1) is 0 Å². The molecule has 0 fully saturated rings. The molecule has 33 heavy (non-hydrogen) atoms. The summed E-state index contributed by atoms with van der Waals surface area (Å²) in [5.41, 5.74) is 8.21. The molecule has 0 saturated carbocycles. The summed E-state index contributed by atoms with van der Waals surface area (Å²) in [6.45, 7) is 0. The number of benzene rings is 3. The number of hydrogen-bond acceptors (Lipinski definition) is 4. The number of carbonyl (C=O) groups excluding carboxylic acids is 2. The van der Waals surface area contributed by atoms with Crippen molar-refractivity contribution in [2.75, 3.05) is 14.2 Å². The molecule has 1 heterocycles. The maximum absolute atomic E-state index is 13.3. The molecule has 162 valence electrons. The van der Waals surface area contributed by atoms with E-state index in [1.165, 1.54) is 36.5 Å². The fraction of sp³-hybridized carbons (Fsp3) is 0.143. The third kappa shape index (κ3) is 2.52. The first kappa shape index (κ1) is 20.2. The first-order chi connectivity index (χ1) is 16.1. The third-order valence-electron chi connectivity index (χ3n) is 6.79. The van der Waals surface area contributed by atoms with Gasteiger partial charge in [0.15, 0.2) is 0 Å². The van der Waals surface area contributed by atoms with Crippen LogP contribution in [0, 0.1) is 0 Å². The van der Waals surface area contributed by atoms with Crippen molar-refractivity contribution in [2.24, 2.45) is 0 Å². The molecule has 0 aromatic heterocycles. The molecule has 0 amide bonds. The Balaban J connectivity index is 1.81. The number of rotatable bonds is 3. The minimum absolute atomic E-state index is 0.0378. The van der Waals surface area contributed by atoms with Gasteiger partial charge in [-0.25, -0.2) is 0 Å². The summed E-state index contributed by atoms with van der Waals surface area (Å²) in [5.74, 6) is -0.985. The number of allylic oxidation sites excluding steroid dienone is 1. The van der Waals surface area contributed by atoms with Gasteiger partial charge in [0, 0.05) is 0 Å². The van der Waals surface area contributed by atoms with E-state index < -0.39 is 31.2 Å². The topological polar surface area (TPSA) is 52.6 Å².